The Morgan fingerprint density at radius 1 is 1.50 bits per heavy atom. The summed E-state index contributed by atoms with van der Waals surface area (Å²) in [5, 5.41) is 3.55. The molecule has 2 nitrogen and oxygen atoms in total. The quantitative estimate of drug-likeness (QED) is 0.811. The third-order valence-corrected chi connectivity index (χ3v) is 3.75. The van der Waals surface area contributed by atoms with E-state index in [4.69, 9.17) is 4.74 Å². The minimum atomic E-state index is 0.322. The maximum atomic E-state index is 5.55. The van der Waals surface area contributed by atoms with Gasteiger partial charge in [0.2, 0.25) is 0 Å². The fraction of sp³-hybridized carbons (Fsp3) is 0.538. The highest BCUT2D eigenvalue weighted by Crippen LogP contribution is 2.24. The average molecular weight is 237 g/mol. The van der Waals surface area contributed by atoms with E-state index in [1.165, 1.54) is 10.6 Å². The molecule has 0 amide bonds. The second kappa shape index (κ2) is 5.60. The zero-order chi connectivity index (χ0) is 11.4. The topological polar surface area (TPSA) is 21.3 Å². The van der Waals surface area contributed by atoms with E-state index in [0.717, 1.165) is 18.8 Å². The molecule has 1 aliphatic heterocycles. The van der Waals surface area contributed by atoms with Gasteiger partial charge in [0.1, 0.15) is 0 Å². The number of ether oxygens (including phenoxy) is 1. The smallest absolute Gasteiger partial charge is 0.0748 e. The first-order valence-electron chi connectivity index (χ1n) is 5.90. The zero-order valence-corrected chi connectivity index (χ0v) is 10.7. The van der Waals surface area contributed by atoms with Gasteiger partial charge in [-0.15, -0.1) is 11.8 Å². The monoisotopic (exact) mass is 237 g/mol. The van der Waals surface area contributed by atoms with Crippen molar-refractivity contribution in [1.82, 2.24) is 0 Å². The van der Waals surface area contributed by atoms with E-state index in [2.05, 4.69) is 43.4 Å². The van der Waals surface area contributed by atoms with Crippen LogP contribution < -0.4 is 5.32 Å². The molecule has 0 bridgehead atoms. The number of benzene rings is 1. The van der Waals surface area contributed by atoms with E-state index >= 15 is 0 Å². The Balaban J connectivity index is 2.00. The van der Waals surface area contributed by atoms with Crippen LogP contribution in [0, 0.1) is 0 Å². The Kier molecular flexibility index (Phi) is 4.13. The summed E-state index contributed by atoms with van der Waals surface area (Å²) in [4.78, 5) is 1.33. The predicted molar refractivity (Wildman–Crippen MR) is 70.3 cm³/mol. The highest BCUT2D eigenvalue weighted by molar-refractivity contribution is 7.99. The molecule has 2 atom stereocenters. The van der Waals surface area contributed by atoms with Crippen molar-refractivity contribution < 1.29 is 4.74 Å². The minimum absolute atomic E-state index is 0.322. The summed E-state index contributed by atoms with van der Waals surface area (Å²) in [5.41, 5.74) is 1.21. The lowest BCUT2D eigenvalue weighted by atomic mass is 10.1. The van der Waals surface area contributed by atoms with Crippen molar-refractivity contribution in [2.45, 2.75) is 37.3 Å². The predicted octanol–water partition coefficient (Wildman–Crippen LogP) is 3.39. The molecule has 1 aliphatic rings. The van der Waals surface area contributed by atoms with Crippen LogP contribution in [0.1, 0.15) is 20.3 Å². The third kappa shape index (κ3) is 2.92. The molecule has 3 heteroatoms. The van der Waals surface area contributed by atoms with Gasteiger partial charge in [-0.25, -0.2) is 0 Å². The van der Waals surface area contributed by atoms with Crippen LogP contribution in [0.15, 0.2) is 29.2 Å². The fourth-order valence-electron chi connectivity index (χ4n) is 1.98. The van der Waals surface area contributed by atoms with Gasteiger partial charge in [0.15, 0.2) is 0 Å². The zero-order valence-electron chi connectivity index (χ0n) is 9.90. The molecule has 0 aliphatic carbocycles. The Morgan fingerprint density at radius 3 is 3.06 bits per heavy atom. The van der Waals surface area contributed by atoms with Gasteiger partial charge in [-0.05, 0) is 37.3 Å². The van der Waals surface area contributed by atoms with E-state index < -0.39 is 0 Å². The Bertz CT molecular complexity index is 342. The molecule has 0 aromatic heterocycles. The molecule has 1 heterocycles. The van der Waals surface area contributed by atoms with Crippen molar-refractivity contribution in [3.8, 4) is 0 Å². The van der Waals surface area contributed by atoms with E-state index in [-0.39, 0.29) is 0 Å². The number of rotatable bonds is 4. The summed E-state index contributed by atoms with van der Waals surface area (Å²) in [5.74, 6) is 1.12. The van der Waals surface area contributed by atoms with Gasteiger partial charge in [-0.1, -0.05) is 13.0 Å². The van der Waals surface area contributed by atoms with Gasteiger partial charge in [0, 0.05) is 17.2 Å². The number of thioether (sulfide) groups is 1. The number of hydrogen-bond acceptors (Lipinski definition) is 3. The van der Waals surface area contributed by atoms with Crippen molar-refractivity contribution in [2.75, 3.05) is 17.7 Å². The summed E-state index contributed by atoms with van der Waals surface area (Å²) < 4.78 is 5.55. The van der Waals surface area contributed by atoms with Crippen LogP contribution in [0.2, 0.25) is 0 Å². The standard InChI is InChI=1S/C13H19NOS/c1-3-16-12-6-4-5-11(9-12)14-13-7-8-15-10(13)2/h4-6,9-10,13-14H,3,7-8H2,1-2H3. The highest BCUT2D eigenvalue weighted by Gasteiger charge is 2.23. The number of anilines is 1. The lowest BCUT2D eigenvalue weighted by Gasteiger charge is -2.17. The molecule has 16 heavy (non-hydrogen) atoms. The van der Waals surface area contributed by atoms with Crippen molar-refractivity contribution in [2.24, 2.45) is 0 Å². The molecular weight excluding hydrogens is 218 g/mol. The van der Waals surface area contributed by atoms with Crippen LogP contribution >= 0.6 is 11.8 Å². The third-order valence-electron chi connectivity index (χ3n) is 2.87. The van der Waals surface area contributed by atoms with Crippen LogP contribution in [0.5, 0.6) is 0 Å². The van der Waals surface area contributed by atoms with Crippen LogP contribution in [0.3, 0.4) is 0 Å². The molecule has 88 valence electrons. The van der Waals surface area contributed by atoms with Crippen LogP contribution in [-0.4, -0.2) is 24.5 Å². The molecule has 2 unspecified atom stereocenters. The van der Waals surface area contributed by atoms with Gasteiger partial charge in [-0.3, -0.25) is 0 Å². The van der Waals surface area contributed by atoms with Gasteiger partial charge < -0.3 is 10.1 Å². The summed E-state index contributed by atoms with van der Waals surface area (Å²) >= 11 is 1.88. The molecule has 1 aromatic carbocycles. The number of nitrogens with one attached hydrogen (secondary N) is 1. The van der Waals surface area contributed by atoms with Crippen molar-refractivity contribution in [3.63, 3.8) is 0 Å². The van der Waals surface area contributed by atoms with E-state index in [1.54, 1.807) is 0 Å². The Morgan fingerprint density at radius 2 is 2.38 bits per heavy atom. The van der Waals surface area contributed by atoms with E-state index in [0.29, 0.717) is 12.1 Å². The first kappa shape index (κ1) is 11.8. The molecule has 0 saturated carbocycles. The van der Waals surface area contributed by atoms with Crippen molar-refractivity contribution in [1.29, 1.82) is 0 Å². The number of hydrogen-bond donors (Lipinski definition) is 1. The average Bonchev–Trinajstić information content (AvgIpc) is 2.66. The Labute approximate surface area is 102 Å². The summed E-state index contributed by atoms with van der Waals surface area (Å²) in [7, 11) is 0. The first-order valence-corrected chi connectivity index (χ1v) is 6.89. The lowest BCUT2D eigenvalue weighted by molar-refractivity contribution is 0.121. The summed E-state index contributed by atoms with van der Waals surface area (Å²) in [6.07, 6.45) is 1.43. The Hall–Kier alpha value is -0.670. The minimum Gasteiger partial charge on any atom is -0.380 e. The molecule has 0 radical (unpaired) electrons. The van der Waals surface area contributed by atoms with Crippen molar-refractivity contribution >= 4 is 17.4 Å². The highest BCUT2D eigenvalue weighted by atomic mass is 32.2. The van der Waals surface area contributed by atoms with Crippen LogP contribution in [0.4, 0.5) is 5.69 Å². The van der Waals surface area contributed by atoms with Crippen LogP contribution in [-0.2, 0) is 4.74 Å². The van der Waals surface area contributed by atoms with E-state index in [9.17, 15) is 0 Å². The molecule has 2 rings (SSSR count). The molecular formula is C13H19NOS. The normalized spacial score (nSPS) is 24.6. The maximum Gasteiger partial charge on any atom is 0.0748 e. The molecule has 1 aromatic rings. The first-order chi connectivity index (χ1) is 7.79. The van der Waals surface area contributed by atoms with Gasteiger partial charge in [-0.2, -0.15) is 0 Å². The molecule has 1 saturated heterocycles. The SMILES string of the molecule is CCSc1cccc(NC2CCOC2C)c1. The second-order valence-electron chi connectivity index (χ2n) is 4.08. The van der Waals surface area contributed by atoms with Gasteiger partial charge in [0.05, 0.1) is 12.1 Å². The van der Waals surface area contributed by atoms with Gasteiger partial charge in [0.25, 0.3) is 0 Å². The van der Waals surface area contributed by atoms with Crippen LogP contribution in [0.25, 0.3) is 0 Å². The van der Waals surface area contributed by atoms with Crippen molar-refractivity contribution in [3.05, 3.63) is 24.3 Å². The fourth-order valence-corrected chi connectivity index (χ4v) is 2.70. The van der Waals surface area contributed by atoms with E-state index in [1.807, 2.05) is 11.8 Å². The lowest BCUT2D eigenvalue weighted by Crippen LogP contribution is -2.26. The maximum absolute atomic E-state index is 5.55. The molecule has 1 fully saturated rings. The summed E-state index contributed by atoms with van der Waals surface area (Å²) in [6, 6.07) is 9.08. The largest absolute Gasteiger partial charge is 0.380 e. The molecule has 1 N–H and O–H groups in total. The second-order valence-corrected chi connectivity index (χ2v) is 5.41. The molecule has 0 spiro atoms. The summed E-state index contributed by atoms with van der Waals surface area (Å²) in [6.45, 7) is 5.19. The van der Waals surface area contributed by atoms with Gasteiger partial charge >= 0.3 is 0 Å².